The molecule has 1 N–H and O–H groups in total. The van der Waals surface area contributed by atoms with Crippen molar-refractivity contribution in [2.45, 2.75) is 31.4 Å². The molecule has 0 radical (unpaired) electrons. The Balaban J connectivity index is 1.30. The summed E-state index contributed by atoms with van der Waals surface area (Å²) in [4.78, 5) is 24.6. The van der Waals surface area contributed by atoms with Gasteiger partial charge >= 0.3 is 6.09 Å². The number of aromatic nitrogens is 4. The van der Waals surface area contributed by atoms with Crippen LogP contribution >= 0.6 is 0 Å². The van der Waals surface area contributed by atoms with E-state index in [4.69, 9.17) is 9.47 Å². The summed E-state index contributed by atoms with van der Waals surface area (Å²) >= 11 is 0. The number of fused-ring (bicyclic) bond motifs is 2. The van der Waals surface area contributed by atoms with Gasteiger partial charge in [0.1, 0.15) is 35.8 Å². The molecule has 6 rings (SSSR count). The molecule has 1 aromatic carbocycles. The number of carbonyl (C=O) groups is 1. The second-order valence-electron chi connectivity index (χ2n) is 8.46. The van der Waals surface area contributed by atoms with Gasteiger partial charge in [0.05, 0.1) is 17.3 Å². The number of aromatic amines is 1. The number of piperazine rings is 1. The number of nitrogens with one attached hydrogen (secondary N) is 1. The molecule has 9 nitrogen and oxygen atoms in total. The van der Waals surface area contributed by atoms with E-state index >= 15 is 0 Å². The van der Waals surface area contributed by atoms with Crippen LogP contribution in [0.15, 0.2) is 30.6 Å². The number of amides is 1. The van der Waals surface area contributed by atoms with Crippen molar-refractivity contribution in [1.29, 1.82) is 0 Å². The lowest BCUT2D eigenvalue weighted by Crippen LogP contribution is -2.52. The number of H-pyrrole nitrogens is 1. The molecule has 3 fully saturated rings. The topological polar surface area (TPSA) is 96.5 Å². The standard InChI is InChI=1S/C21H22N6O3/c1-21(4-5-21)30-14-2-3-16-15(8-14)19(25-24-16)17-9-18(23-12-22-17)26-6-7-27-13(10-26)11-29-20(27)28/h2-3,8-9,12-13H,4-7,10-11H2,1H3,(H,24,25). The van der Waals surface area contributed by atoms with Gasteiger partial charge in [0, 0.05) is 31.1 Å². The molecule has 3 aliphatic rings. The number of anilines is 1. The Bertz CT molecular complexity index is 1140. The van der Waals surface area contributed by atoms with Crippen LogP contribution in [-0.4, -0.2) is 69.0 Å². The Morgan fingerprint density at radius 1 is 1.23 bits per heavy atom. The van der Waals surface area contributed by atoms with Crippen LogP contribution in [0.4, 0.5) is 10.6 Å². The number of rotatable bonds is 4. The first kappa shape index (κ1) is 17.5. The van der Waals surface area contributed by atoms with Crippen LogP contribution in [0.2, 0.25) is 0 Å². The van der Waals surface area contributed by atoms with Crippen LogP contribution in [0.25, 0.3) is 22.3 Å². The van der Waals surface area contributed by atoms with E-state index in [2.05, 4.69) is 32.0 Å². The van der Waals surface area contributed by atoms with Gasteiger partial charge < -0.3 is 14.4 Å². The van der Waals surface area contributed by atoms with E-state index in [0.717, 1.165) is 46.7 Å². The zero-order valence-corrected chi connectivity index (χ0v) is 16.7. The van der Waals surface area contributed by atoms with Crippen LogP contribution in [0, 0.1) is 0 Å². The molecule has 4 heterocycles. The van der Waals surface area contributed by atoms with Gasteiger partial charge in [-0.2, -0.15) is 5.10 Å². The van der Waals surface area contributed by atoms with E-state index < -0.39 is 0 Å². The predicted molar refractivity (Wildman–Crippen MR) is 109 cm³/mol. The van der Waals surface area contributed by atoms with Crippen LogP contribution in [0.5, 0.6) is 5.75 Å². The van der Waals surface area contributed by atoms with Gasteiger partial charge in [0.15, 0.2) is 0 Å². The molecule has 2 aliphatic heterocycles. The smallest absolute Gasteiger partial charge is 0.410 e. The fourth-order valence-electron chi connectivity index (χ4n) is 4.16. The van der Waals surface area contributed by atoms with E-state index in [-0.39, 0.29) is 17.7 Å². The zero-order chi connectivity index (χ0) is 20.3. The Hall–Kier alpha value is -3.36. The molecule has 1 aliphatic carbocycles. The molecule has 0 spiro atoms. The van der Waals surface area contributed by atoms with Crippen molar-refractivity contribution < 1.29 is 14.3 Å². The monoisotopic (exact) mass is 406 g/mol. The quantitative estimate of drug-likeness (QED) is 0.711. The molecule has 2 aromatic heterocycles. The lowest BCUT2D eigenvalue weighted by molar-refractivity contribution is 0.157. The first-order chi connectivity index (χ1) is 14.6. The second kappa shape index (κ2) is 6.32. The number of hydrogen-bond donors (Lipinski definition) is 1. The average molecular weight is 406 g/mol. The Labute approximate surface area is 173 Å². The number of cyclic esters (lactones) is 1. The first-order valence-electron chi connectivity index (χ1n) is 10.3. The van der Waals surface area contributed by atoms with Gasteiger partial charge in [-0.1, -0.05) is 0 Å². The van der Waals surface area contributed by atoms with Crippen LogP contribution in [0.3, 0.4) is 0 Å². The molecule has 9 heteroatoms. The molecule has 1 atom stereocenters. The highest BCUT2D eigenvalue weighted by Gasteiger charge is 2.40. The number of hydrogen-bond acceptors (Lipinski definition) is 7. The maximum absolute atomic E-state index is 11.7. The molecule has 3 aromatic rings. The minimum absolute atomic E-state index is 0.0346. The minimum atomic E-state index is -0.218. The predicted octanol–water partition coefficient (Wildman–Crippen LogP) is 2.59. The van der Waals surface area contributed by atoms with Gasteiger partial charge in [0.2, 0.25) is 0 Å². The van der Waals surface area contributed by atoms with E-state index in [1.54, 1.807) is 11.2 Å². The molecular weight excluding hydrogens is 384 g/mol. The van der Waals surface area contributed by atoms with E-state index in [0.29, 0.717) is 26.2 Å². The highest BCUT2D eigenvalue weighted by Crippen LogP contribution is 2.40. The molecule has 0 bridgehead atoms. The highest BCUT2D eigenvalue weighted by molar-refractivity contribution is 5.93. The first-order valence-corrected chi connectivity index (χ1v) is 10.3. The van der Waals surface area contributed by atoms with Gasteiger partial charge in [-0.3, -0.25) is 10.00 Å². The molecule has 30 heavy (non-hydrogen) atoms. The molecule has 154 valence electrons. The van der Waals surface area contributed by atoms with Crippen molar-refractivity contribution in [1.82, 2.24) is 25.1 Å². The Morgan fingerprint density at radius 2 is 2.13 bits per heavy atom. The van der Waals surface area contributed by atoms with Crippen LogP contribution < -0.4 is 9.64 Å². The van der Waals surface area contributed by atoms with Crippen molar-refractivity contribution >= 4 is 22.8 Å². The molecule has 2 saturated heterocycles. The fraction of sp³-hybridized carbons (Fsp3) is 0.429. The number of carbonyl (C=O) groups excluding carboxylic acids is 1. The lowest BCUT2D eigenvalue weighted by Gasteiger charge is -2.36. The zero-order valence-electron chi connectivity index (χ0n) is 16.7. The summed E-state index contributed by atoms with van der Waals surface area (Å²) in [7, 11) is 0. The van der Waals surface area contributed by atoms with Crippen molar-refractivity contribution in [3.05, 3.63) is 30.6 Å². The maximum Gasteiger partial charge on any atom is 0.410 e. The highest BCUT2D eigenvalue weighted by atomic mass is 16.6. The molecular formula is C21H22N6O3. The summed E-state index contributed by atoms with van der Waals surface area (Å²) in [6, 6.07) is 8.02. The summed E-state index contributed by atoms with van der Waals surface area (Å²) in [5.74, 6) is 1.68. The average Bonchev–Trinajstić information content (AvgIpc) is 3.18. The van der Waals surface area contributed by atoms with E-state index in [9.17, 15) is 4.79 Å². The number of benzene rings is 1. The third-order valence-electron chi connectivity index (χ3n) is 6.19. The third-order valence-corrected chi connectivity index (χ3v) is 6.19. The van der Waals surface area contributed by atoms with E-state index in [1.807, 2.05) is 24.3 Å². The summed E-state index contributed by atoms with van der Waals surface area (Å²) in [6.07, 6.45) is 3.52. The number of nitrogens with zero attached hydrogens (tertiary/aromatic N) is 5. The maximum atomic E-state index is 11.7. The van der Waals surface area contributed by atoms with Crippen molar-refractivity contribution in [2.75, 3.05) is 31.1 Å². The summed E-state index contributed by atoms with van der Waals surface area (Å²) in [5.41, 5.74) is 2.43. The molecule has 1 saturated carbocycles. The van der Waals surface area contributed by atoms with E-state index in [1.165, 1.54) is 0 Å². The van der Waals surface area contributed by atoms with Gasteiger partial charge in [-0.15, -0.1) is 0 Å². The van der Waals surface area contributed by atoms with Crippen LogP contribution in [0.1, 0.15) is 19.8 Å². The summed E-state index contributed by atoms with van der Waals surface area (Å²) < 4.78 is 11.3. The largest absolute Gasteiger partial charge is 0.488 e. The molecule has 1 unspecified atom stereocenters. The second-order valence-corrected chi connectivity index (χ2v) is 8.46. The third kappa shape index (κ3) is 2.92. The summed E-state index contributed by atoms with van der Waals surface area (Å²) in [5, 5.41) is 8.57. The van der Waals surface area contributed by atoms with Crippen molar-refractivity contribution in [2.24, 2.45) is 0 Å². The SMILES string of the molecule is CC1(Oc2ccc3[nH]nc(-c4cc(N5CCN6C(=O)OCC6C5)ncn4)c3c2)CC1. The van der Waals surface area contributed by atoms with Gasteiger partial charge in [-0.25, -0.2) is 14.8 Å². The van der Waals surface area contributed by atoms with Gasteiger partial charge in [0.25, 0.3) is 0 Å². The number of ether oxygens (including phenoxy) is 2. The van der Waals surface area contributed by atoms with Crippen molar-refractivity contribution in [3.8, 4) is 17.1 Å². The Kier molecular flexibility index (Phi) is 3.68. The minimum Gasteiger partial charge on any atom is -0.488 e. The van der Waals surface area contributed by atoms with Crippen molar-refractivity contribution in [3.63, 3.8) is 0 Å². The Morgan fingerprint density at radius 3 is 3.00 bits per heavy atom. The van der Waals surface area contributed by atoms with Gasteiger partial charge in [-0.05, 0) is 38.0 Å². The lowest BCUT2D eigenvalue weighted by atomic mass is 10.1. The molecule has 1 amide bonds. The van der Waals surface area contributed by atoms with Crippen LogP contribution in [-0.2, 0) is 4.74 Å². The fourth-order valence-corrected chi connectivity index (χ4v) is 4.16. The summed E-state index contributed by atoms with van der Waals surface area (Å²) in [6.45, 7) is 4.60. The normalized spacial score (nSPS) is 22.2.